The third kappa shape index (κ3) is 22.6. The molecule has 0 aliphatic carbocycles. The van der Waals surface area contributed by atoms with E-state index < -0.39 is 11.1 Å². The smallest absolute Gasteiger partial charge is 0.225 e. The first-order valence-corrected chi connectivity index (χ1v) is 15.4. The average molecular weight is 590 g/mol. The molecule has 0 aromatic carbocycles. The number of amides is 1. The zero-order valence-electron chi connectivity index (χ0n) is 28.5. The number of hydrogen-bond donors (Lipinski definition) is 0. The summed E-state index contributed by atoms with van der Waals surface area (Å²) >= 11 is 0. The molecular weight excluding hydrogens is 526 g/mol. The molecule has 0 aromatic heterocycles. The van der Waals surface area contributed by atoms with Gasteiger partial charge in [0.2, 0.25) is 5.91 Å². The number of carbonyl (C=O) groups is 4. The average Bonchev–Trinajstić information content (AvgIpc) is 2.95. The van der Waals surface area contributed by atoms with Crippen molar-refractivity contribution < 1.29 is 38.1 Å². The van der Waals surface area contributed by atoms with Gasteiger partial charge in [-0.05, 0) is 26.7 Å². The van der Waals surface area contributed by atoms with E-state index in [2.05, 4.69) is 13.8 Å². The highest BCUT2D eigenvalue weighted by molar-refractivity contribution is 5.79. The van der Waals surface area contributed by atoms with E-state index in [0.717, 1.165) is 0 Å². The summed E-state index contributed by atoms with van der Waals surface area (Å²) < 4.78 is 23.6. The van der Waals surface area contributed by atoms with Crippen LogP contribution in [0.15, 0.2) is 0 Å². The van der Waals surface area contributed by atoms with E-state index in [1.54, 1.807) is 25.8 Å². The molecule has 0 heterocycles. The first-order chi connectivity index (χ1) is 19.3. The summed E-state index contributed by atoms with van der Waals surface area (Å²) in [5.74, 6) is 0.338. The minimum absolute atomic E-state index is 0.00254. The maximum absolute atomic E-state index is 13.5. The van der Waals surface area contributed by atoms with Crippen LogP contribution in [0.5, 0.6) is 0 Å². The minimum atomic E-state index is -1.02. The first kappa shape index (κ1) is 43.8. The molecule has 0 N–H and O–H groups in total. The highest BCUT2D eigenvalue weighted by Crippen LogP contribution is 2.23. The molecule has 0 fully saturated rings. The van der Waals surface area contributed by atoms with Gasteiger partial charge in [0.25, 0.3) is 0 Å². The van der Waals surface area contributed by atoms with E-state index in [4.69, 9.17) is 18.9 Å². The van der Waals surface area contributed by atoms with Crippen molar-refractivity contribution in [1.29, 1.82) is 0 Å². The van der Waals surface area contributed by atoms with Gasteiger partial charge < -0.3 is 23.8 Å². The number of ether oxygens (including phenoxy) is 4. The van der Waals surface area contributed by atoms with Crippen molar-refractivity contribution in [3.63, 3.8) is 0 Å². The minimum Gasteiger partial charge on any atom is -0.378 e. The number of ketones is 3. The highest BCUT2D eigenvalue weighted by Gasteiger charge is 2.40. The molecule has 0 atom stereocenters. The molecule has 0 aliphatic rings. The van der Waals surface area contributed by atoms with E-state index in [1.807, 2.05) is 41.5 Å². The molecule has 0 aromatic rings. The highest BCUT2D eigenvalue weighted by atomic mass is 16.5. The van der Waals surface area contributed by atoms with E-state index >= 15 is 0 Å². The lowest BCUT2D eigenvalue weighted by Gasteiger charge is -2.42. The Labute approximate surface area is 251 Å². The van der Waals surface area contributed by atoms with Crippen molar-refractivity contribution >= 4 is 23.3 Å². The van der Waals surface area contributed by atoms with Crippen LogP contribution in [-0.2, 0) is 38.1 Å². The maximum Gasteiger partial charge on any atom is 0.225 e. The molecule has 0 saturated carbocycles. The number of likely N-dealkylation sites (N-methyl/N-ethyl adjacent to an activating group) is 1. The molecular formula is C32H63NO8. The third-order valence-corrected chi connectivity index (χ3v) is 6.02. The summed E-state index contributed by atoms with van der Waals surface area (Å²) in [6, 6.07) is 0. The largest absolute Gasteiger partial charge is 0.378 e. The summed E-state index contributed by atoms with van der Waals surface area (Å²) in [4.78, 5) is 50.0. The van der Waals surface area contributed by atoms with Gasteiger partial charge in [0.05, 0.1) is 51.7 Å². The quantitative estimate of drug-likeness (QED) is 0.137. The van der Waals surface area contributed by atoms with Crippen LogP contribution in [0.3, 0.4) is 0 Å². The summed E-state index contributed by atoms with van der Waals surface area (Å²) in [7, 11) is 1.68. The van der Waals surface area contributed by atoms with E-state index in [-0.39, 0.29) is 88.6 Å². The van der Waals surface area contributed by atoms with Crippen molar-refractivity contribution in [2.24, 2.45) is 5.92 Å². The van der Waals surface area contributed by atoms with Crippen LogP contribution in [-0.4, -0.2) is 92.6 Å². The summed E-state index contributed by atoms with van der Waals surface area (Å²) in [6.07, 6.45) is 1.80. The number of Topliss-reactive ketones (excluding diaryl/α,β-unsaturated/α-hetero) is 3. The van der Waals surface area contributed by atoms with Crippen LogP contribution in [0.2, 0.25) is 0 Å². The van der Waals surface area contributed by atoms with Gasteiger partial charge in [-0.3, -0.25) is 19.2 Å². The molecule has 9 heteroatoms. The lowest BCUT2D eigenvalue weighted by molar-refractivity contribution is -0.156. The molecule has 9 nitrogen and oxygen atoms in total. The summed E-state index contributed by atoms with van der Waals surface area (Å²) in [6.45, 7) is 22.3. The molecule has 244 valence electrons. The van der Waals surface area contributed by atoms with Gasteiger partial charge in [-0.25, -0.2) is 0 Å². The van der Waals surface area contributed by atoms with Crippen molar-refractivity contribution in [1.82, 2.24) is 4.90 Å². The molecule has 0 spiro atoms. The fraction of sp³-hybridized carbons (Fsp3) is 0.875. The molecule has 0 rings (SSSR count). The Balaban J connectivity index is -0.00000344. The third-order valence-electron chi connectivity index (χ3n) is 6.02. The van der Waals surface area contributed by atoms with Gasteiger partial charge in [-0.1, -0.05) is 55.4 Å². The van der Waals surface area contributed by atoms with Gasteiger partial charge >= 0.3 is 0 Å². The molecule has 0 bridgehead atoms. The predicted octanol–water partition coefficient (Wildman–Crippen LogP) is 5.84. The molecule has 41 heavy (non-hydrogen) atoms. The Morgan fingerprint density at radius 1 is 0.732 bits per heavy atom. The second-order valence-corrected chi connectivity index (χ2v) is 10.7. The topological polar surface area (TPSA) is 108 Å². The van der Waals surface area contributed by atoms with E-state index in [0.29, 0.717) is 25.4 Å². The van der Waals surface area contributed by atoms with Crippen LogP contribution < -0.4 is 0 Å². The Morgan fingerprint density at radius 2 is 1.12 bits per heavy atom. The van der Waals surface area contributed by atoms with Gasteiger partial charge in [0.1, 0.15) is 22.9 Å². The molecule has 0 saturated heterocycles. The Hall–Kier alpha value is -1.68. The van der Waals surface area contributed by atoms with Crippen molar-refractivity contribution in [2.45, 2.75) is 126 Å². The van der Waals surface area contributed by atoms with Gasteiger partial charge in [0, 0.05) is 45.8 Å². The fourth-order valence-electron chi connectivity index (χ4n) is 3.33. The van der Waals surface area contributed by atoms with Crippen LogP contribution >= 0.6 is 0 Å². The second-order valence-electron chi connectivity index (χ2n) is 10.7. The number of rotatable bonds is 23. The standard InChI is InChI=1S/C28H51NO8.2C2H6/c1-9-24(31)12-15-35-20-28(19-34-14-11-23(5)30,21-36-16-13-25(32)10-2)29(8)26(33)17-27(6,7)37-18-22(3)4;2*1-2/h22H,9-21H2,1-8H3;2*1-2H3. The second kappa shape index (κ2) is 26.0. The zero-order chi connectivity index (χ0) is 32.5. The molecule has 0 aliphatic heterocycles. The normalized spacial score (nSPS) is 11.2. The van der Waals surface area contributed by atoms with Crippen LogP contribution in [0, 0.1) is 5.92 Å². The zero-order valence-corrected chi connectivity index (χ0v) is 28.5. The maximum atomic E-state index is 13.5. The summed E-state index contributed by atoms with van der Waals surface area (Å²) in [5.41, 5.74) is -1.70. The summed E-state index contributed by atoms with van der Waals surface area (Å²) in [5, 5.41) is 0. The van der Waals surface area contributed by atoms with Crippen LogP contribution in [0.25, 0.3) is 0 Å². The van der Waals surface area contributed by atoms with E-state index in [9.17, 15) is 19.2 Å². The first-order valence-electron chi connectivity index (χ1n) is 15.4. The van der Waals surface area contributed by atoms with Gasteiger partial charge in [0.15, 0.2) is 0 Å². The van der Waals surface area contributed by atoms with E-state index in [1.165, 1.54) is 6.92 Å². The molecule has 0 unspecified atom stereocenters. The Morgan fingerprint density at radius 3 is 1.46 bits per heavy atom. The van der Waals surface area contributed by atoms with Gasteiger partial charge in [-0.2, -0.15) is 0 Å². The number of carbonyl (C=O) groups excluding carboxylic acids is 4. The number of nitrogens with zero attached hydrogens (tertiary/aromatic N) is 1. The van der Waals surface area contributed by atoms with Crippen molar-refractivity contribution in [2.75, 3.05) is 53.3 Å². The van der Waals surface area contributed by atoms with Crippen LogP contribution in [0.4, 0.5) is 0 Å². The van der Waals surface area contributed by atoms with Crippen molar-refractivity contribution in [3.05, 3.63) is 0 Å². The fourth-order valence-corrected chi connectivity index (χ4v) is 3.33. The Kier molecular flexibility index (Phi) is 27.7. The SMILES string of the molecule is CC.CC.CCC(=O)CCOCC(COCCC(C)=O)(COCCC(=O)CC)N(C)C(=O)CC(C)(C)OCC(C)C. The predicted molar refractivity (Wildman–Crippen MR) is 165 cm³/mol. The van der Waals surface area contributed by atoms with Crippen LogP contribution in [0.1, 0.15) is 115 Å². The lowest BCUT2D eigenvalue weighted by atomic mass is 9.97. The molecule has 0 radical (unpaired) electrons. The van der Waals surface area contributed by atoms with Gasteiger partial charge in [-0.15, -0.1) is 0 Å². The lowest BCUT2D eigenvalue weighted by Crippen LogP contribution is -2.60. The Bertz CT molecular complexity index is 682. The monoisotopic (exact) mass is 589 g/mol. The van der Waals surface area contributed by atoms with Crippen molar-refractivity contribution in [3.8, 4) is 0 Å². The number of hydrogen-bond acceptors (Lipinski definition) is 8. The molecule has 1 amide bonds.